The number of aliphatic imine (C=N–C) groups is 1. The Labute approximate surface area is 151 Å². The van der Waals surface area contributed by atoms with Crippen LogP contribution in [0.1, 0.15) is 21.5 Å². The van der Waals surface area contributed by atoms with Crippen molar-refractivity contribution in [3.8, 4) is 5.75 Å². The van der Waals surface area contributed by atoms with Crippen LogP contribution in [-0.4, -0.2) is 22.7 Å². The van der Waals surface area contributed by atoms with Crippen molar-refractivity contribution in [1.29, 1.82) is 0 Å². The summed E-state index contributed by atoms with van der Waals surface area (Å²) in [6, 6.07) is 23.7. The number of rotatable bonds is 4. The number of benzene rings is 3. The summed E-state index contributed by atoms with van der Waals surface area (Å²) in [6.45, 7) is 0.255. The van der Waals surface area contributed by atoms with Crippen molar-refractivity contribution in [3.63, 3.8) is 0 Å². The Bertz CT molecular complexity index is 962. The first-order valence-electron chi connectivity index (χ1n) is 8.39. The largest absolute Gasteiger partial charge is 0.508 e. The van der Waals surface area contributed by atoms with Gasteiger partial charge in [-0.3, -0.25) is 4.79 Å². The highest BCUT2D eigenvalue weighted by Gasteiger charge is 2.32. The molecule has 1 aliphatic rings. The quantitative estimate of drug-likeness (QED) is 0.768. The molecule has 1 unspecified atom stereocenters. The second-order valence-corrected chi connectivity index (χ2v) is 6.10. The van der Waals surface area contributed by atoms with Gasteiger partial charge < -0.3 is 9.84 Å². The molecule has 0 saturated carbocycles. The summed E-state index contributed by atoms with van der Waals surface area (Å²) in [7, 11) is 0. The number of carbonyl (C=O) groups is 1. The molecule has 0 amide bonds. The summed E-state index contributed by atoms with van der Waals surface area (Å²) < 4.78 is 5.98. The first kappa shape index (κ1) is 16.2. The Hall–Kier alpha value is -3.24. The van der Waals surface area contributed by atoms with E-state index in [0.717, 1.165) is 11.1 Å². The molecule has 3 aromatic carbocycles. The molecule has 128 valence electrons. The van der Waals surface area contributed by atoms with E-state index in [2.05, 4.69) is 0 Å². The van der Waals surface area contributed by atoms with Crippen molar-refractivity contribution >= 4 is 17.2 Å². The Morgan fingerprint density at radius 1 is 0.885 bits per heavy atom. The lowest BCUT2D eigenvalue weighted by Gasteiger charge is -2.24. The lowest BCUT2D eigenvalue weighted by Crippen LogP contribution is -2.36. The fourth-order valence-corrected chi connectivity index (χ4v) is 2.98. The van der Waals surface area contributed by atoms with Gasteiger partial charge in [-0.15, -0.1) is 0 Å². The molecular weight excluding hydrogens is 326 g/mol. The van der Waals surface area contributed by atoms with Crippen LogP contribution in [0.5, 0.6) is 5.75 Å². The number of fused-ring (bicyclic) bond motifs is 1. The molecule has 0 fully saturated rings. The third-order valence-corrected chi connectivity index (χ3v) is 4.32. The Morgan fingerprint density at radius 2 is 1.58 bits per heavy atom. The number of hydrogen-bond acceptors (Lipinski definition) is 4. The van der Waals surface area contributed by atoms with Crippen molar-refractivity contribution < 1.29 is 14.6 Å². The van der Waals surface area contributed by atoms with Gasteiger partial charge >= 0.3 is 0 Å². The zero-order valence-corrected chi connectivity index (χ0v) is 14.0. The Balaban J connectivity index is 1.69. The van der Waals surface area contributed by atoms with Crippen molar-refractivity contribution in [3.05, 3.63) is 95.6 Å². The van der Waals surface area contributed by atoms with E-state index in [0.29, 0.717) is 17.0 Å². The van der Waals surface area contributed by atoms with Gasteiger partial charge in [-0.1, -0.05) is 54.6 Å². The molecule has 1 N–H and O–H groups in total. The minimum Gasteiger partial charge on any atom is -0.508 e. The first-order valence-corrected chi connectivity index (χ1v) is 8.39. The molecule has 0 bridgehead atoms. The van der Waals surface area contributed by atoms with Crippen LogP contribution < -0.4 is 0 Å². The van der Waals surface area contributed by atoms with Crippen LogP contribution in [0.2, 0.25) is 0 Å². The van der Waals surface area contributed by atoms with E-state index < -0.39 is 6.10 Å². The second kappa shape index (κ2) is 6.94. The number of ketones is 1. The van der Waals surface area contributed by atoms with E-state index in [1.54, 1.807) is 30.3 Å². The zero-order valence-electron chi connectivity index (χ0n) is 14.0. The van der Waals surface area contributed by atoms with Gasteiger partial charge in [0, 0.05) is 5.56 Å². The molecule has 4 nitrogen and oxygen atoms in total. The molecular formula is C22H17NO3. The predicted molar refractivity (Wildman–Crippen MR) is 100 cm³/mol. The third kappa shape index (κ3) is 3.15. The number of nitrogens with zero attached hydrogens (tertiary/aromatic N) is 1. The molecule has 0 aliphatic carbocycles. The minimum atomic E-state index is -0.763. The van der Waals surface area contributed by atoms with Gasteiger partial charge in [-0.25, -0.2) is 4.99 Å². The van der Waals surface area contributed by atoms with Crippen molar-refractivity contribution in [1.82, 2.24) is 0 Å². The molecule has 4 rings (SSSR count). The molecule has 0 aromatic heterocycles. The average Bonchev–Trinajstić information content (AvgIpc) is 2.69. The van der Waals surface area contributed by atoms with Gasteiger partial charge in [-0.05, 0) is 35.4 Å². The number of para-hydroxylation sites is 1. The highest BCUT2D eigenvalue weighted by Crippen LogP contribution is 2.29. The number of aromatic hydroxyl groups is 1. The fourth-order valence-electron chi connectivity index (χ4n) is 2.98. The highest BCUT2D eigenvalue weighted by atomic mass is 16.5. The first-order chi connectivity index (χ1) is 12.7. The van der Waals surface area contributed by atoms with Gasteiger partial charge in [0.25, 0.3) is 0 Å². The summed E-state index contributed by atoms with van der Waals surface area (Å²) in [5, 5.41) is 9.40. The van der Waals surface area contributed by atoms with Crippen LogP contribution in [0.15, 0.2) is 83.9 Å². The number of carbonyl (C=O) groups excluding carboxylic acids is 1. The standard InChI is InChI=1S/C22H17NO3/c24-17-12-10-15(11-13-17)14-26-22-20(16-6-2-1-3-7-16)23-19-9-5-4-8-18(19)21(22)25/h1-13,22,24H,14H2. The summed E-state index contributed by atoms with van der Waals surface area (Å²) in [5.74, 6) is 0.108. The normalized spacial score (nSPS) is 16.1. The second-order valence-electron chi connectivity index (χ2n) is 6.10. The highest BCUT2D eigenvalue weighted by molar-refractivity contribution is 6.25. The fraction of sp³-hybridized carbons (Fsp3) is 0.0909. The number of ether oxygens (including phenoxy) is 1. The van der Waals surface area contributed by atoms with Crippen LogP contribution >= 0.6 is 0 Å². The molecule has 3 aromatic rings. The zero-order chi connectivity index (χ0) is 17.9. The Morgan fingerprint density at radius 3 is 2.35 bits per heavy atom. The summed E-state index contributed by atoms with van der Waals surface area (Å²) in [5.41, 5.74) is 3.60. The average molecular weight is 343 g/mol. The van der Waals surface area contributed by atoms with Gasteiger partial charge in [0.2, 0.25) is 0 Å². The number of phenols is 1. The Kier molecular flexibility index (Phi) is 4.33. The number of hydrogen-bond donors (Lipinski definition) is 1. The van der Waals surface area contributed by atoms with Gasteiger partial charge in [0.15, 0.2) is 11.9 Å². The SMILES string of the molecule is O=C1c2ccccc2N=C(c2ccccc2)C1OCc1ccc(O)cc1. The maximum Gasteiger partial charge on any atom is 0.199 e. The summed E-state index contributed by atoms with van der Waals surface area (Å²) in [4.78, 5) is 17.7. The van der Waals surface area contributed by atoms with Crippen LogP contribution in [0, 0.1) is 0 Å². The van der Waals surface area contributed by atoms with E-state index >= 15 is 0 Å². The van der Waals surface area contributed by atoms with Gasteiger partial charge in [0.05, 0.1) is 18.0 Å². The van der Waals surface area contributed by atoms with E-state index in [1.165, 1.54) is 0 Å². The molecule has 26 heavy (non-hydrogen) atoms. The topological polar surface area (TPSA) is 58.9 Å². The smallest absolute Gasteiger partial charge is 0.199 e. The van der Waals surface area contributed by atoms with Crippen molar-refractivity contribution in [2.45, 2.75) is 12.7 Å². The molecule has 4 heteroatoms. The monoisotopic (exact) mass is 343 g/mol. The predicted octanol–water partition coefficient (Wildman–Crippen LogP) is 4.29. The molecule has 1 heterocycles. The maximum atomic E-state index is 13.0. The van der Waals surface area contributed by atoms with E-state index in [9.17, 15) is 9.90 Å². The van der Waals surface area contributed by atoms with Crippen LogP contribution in [-0.2, 0) is 11.3 Å². The van der Waals surface area contributed by atoms with E-state index in [4.69, 9.17) is 9.73 Å². The molecule has 0 saturated heterocycles. The van der Waals surface area contributed by atoms with Gasteiger partial charge in [-0.2, -0.15) is 0 Å². The van der Waals surface area contributed by atoms with Crippen molar-refractivity contribution in [2.75, 3.05) is 0 Å². The third-order valence-electron chi connectivity index (χ3n) is 4.32. The van der Waals surface area contributed by atoms with Crippen LogP contribution in [0.25, 0.3) is 0 Å². The lowest BCUT2D eigenvalue weighted by molar-refractivity contribution is 0.0568. The van der Waals surface area contributed by atoms with Crippen molar-refractivity contribution in [2.24, 2.45) is 4.99 Å². The van der Waals surface area contributed by atoms with Gasteiger partial charge in [0.1, 0.15) is 5.75 Å². The van der Waals surface area contributed by atoms with Crippen LogP contribution in [0.3, 0.4) is 0 Å². The van der Waals surface area contributed by atoms with E-state index in [1.807, 2.05) is 48.5 Å². The lowest BCUT2D eigenvalue weighted by atomic mass is 9.93. The van der Waals surface area contributed by atoms with Crippen LogP contribution in [0.4, 0.5) is 5.69 Å². The minimum absolute atomic E-state index is 0.0896. The molecule has 0 spiro atoms. The molecule has 0 radical (unpaired) electrons. The number of phenolic OH excluding ortho intramolecular Hbond substituents is 1. The summed E-state index contributed by atoms with van der Waals surface area (Å²) >= 11 is 0. The summed E-state index contributed by atoms with van der Waals surface area (Å²) in [6.07, 6.45) is -0.763. The number of Topliss-reactive ketones (excluding diaryl/α,β-unsaturated/α-hetero) is 1. The maximum absolute atomic E-state index is 13.0. The molecule has 1 aliphatic heterocycles. The molecule has 1 atom stereocenters. The van der Waals surface area contributed by atoms with E-state index in [-0.39, 0.29) is 18.1 Å².